The maximum absolute atomic E-state index is 8.56. The van der Waals surface area contributed by atoms with E-state index >= 15 is 0 Å². The van der Waals surface area contributed by atoms with Gasteiger partial charge in [-0.25, -0.2) is 14.4 Å². The van der Waals surface area contributed by atoms with Crippen LogP contribution in [0.2, 0.25) is 0 Å². The highest BCUT2D eigenvalue weighted by Gasteiger charge is 1.70. The summed E-state index contributed by atoms with van der Waals surface area (Å²) in [6, 6.07) is 0. The van der Waals surface area contributed by atoms with E-state index in [9.17, 15) is 0 Å². The van der Waals surface area contributed by atoms with Gasteiger partial charge < -0.3 is 36.1 Å². The lowest BCUT2D eigenvalue weighted by atomic mass is 11.5. The van der Waals surface area contributed by atoms with E-state index in [1.165, 1.54) is 0 Å². The van der Waals surface area contributed by atoms with Gasteiger partial charge >= 0.3 is 18.5 Å². The van der Waals surface area contributed by atoms with Gasteiger partial charge in [0.2, 0.25) is 0 Å². The highest BCUT2D eigenvalue weighted by molar-refractivity contribution is 5.75. The highest BCUT2D eigenvalue weighted by atomic mass is 28.1. The molecule has 0 bridgehead atoms. The zero-order chi connectivity index (χ0) is 10.7. The standard InChI is InChI=1S/3CH2O3.H2O.H4Si/c3*2-1(3)4;;/h3*(H2,2,3,4);1H2;1H4. The Kier molecular flexibility index (Phi) is 47.5. The fraction of sp³-hybridized carbons (Fsp3) is 0. The maximum Gasteiger partial charge on any atom is 0.503 e. The predicted molar refractivity (Wildman–Crippen MR) is 46.9 cm³/mol. The van der Waals surface area contributed by atoms with Gasteiger partial charge in [0.25, 0.3) is 0 Å². The predicted octanol–water partition coefficient (Wildman–Crippen LogP) is -1.61. The summed E-state index contributed by atoms with van der Waals surface area (Å²) in [6.45, 7) is 0. The summed E-state index contributed by atoms with van der Waals surface area (Å²) >= 11 is 0. The summed E-state index contributed by atoms with van der Waals surface area (Å²) in [7, 11) is 0. The molecule has 0 aliphatic carbocycles. The van der Waals surface area contributed by atoms with Crippen LogP contribution in [0.25, 0.3) is 0 Å². The van der Waals surface area contributed by atoms with Gasteiger partial charge in [-0.1, -0.05) is 0 Å². The van der Waals surface area contributed by atoms with Gasteiger partial charge in [-0.2, -0.15) is 0 Å². The summed E-state index contributed by atoms with van der Waals surface area (Å²) in [4.78, 5) is 25.7. The zero-order valence-corrected chi connectivity index (χ0v) is 5.91. The van der Waals surface area contributed by atoms with Crippen molar-refractivity contribution in [3.05, 3.63) is 0 Å². The second kappa shape index (κ2) is 22.4. The third-order valence-corrected chi connectivity index (χ3v) is 0. The fourth-order valence-corrected chi connectivity index (χ4v) is 0. The molecule has 0 spiro atoms. The van der Waals surface area contributed by atoms with E-state index in [1.807, 2.05) is 0 Å². The molecular formula is C3H12O10Si. The Labute approximate surface area is 81.0 Å². The molecule has 11 heteroatoms. The molecule has 88 valence electrons. The SMILES string of the molecule is O.O=C(O)O.O=C(O)O.O=C(O)O.[SiH4]. The van der Waals surface area contributed by atoms with Crippen LogP contribution in [0.1, 0.15) is 0 Å². The lowest BCUT2D eigenvalue weighted by Crippen LogP contribution is -1.81. The first-order chi connectivity index (χ1) is 5.20. The summed E-state index contributed by atoms with van der Waals surface area (Å²) in [5.41, 5.74) is 0. The Morgan fingerprint density at radius 2 is 0.571 bits per heavy atom. The van der Waals surface area contributed by atoms with E-state index in [-0.39, 0.29) is 16.4 Å². The number of hydrogen-bond acceptors (Lipinski definition) is 3. The van der Waals surface area contributed by atoms with Gasteiger partial charge in [0.1, 0.15) is 0 Å². The van der Waals surface area contributed by atoms with Crippen LogP contribution >= 0.6 is 0 Å². The van der Waals surface area contributed by atoms with Crippen LogP contribution < -0.4 is 0 Å². The number of rotatable bonds is 0. The molecule has 0 heterocycles. The Bertz CT molecular complexity index is 113. The molecule has 0 rings (SSSR count). The van der Waals surface area contributed by atoms with Crippen LogP contribution in [0.15, 0.2) is 0 Å². The Hall–Kier alpha value is -2.01. The van der Waals surface area contributed by atoms with Crippen molar-refractivity contribution < 1.29 is 50.5 Å². The Balaban J connectivity index is -0.0000000270. The smallest absolute Gasteiger partial charge is 0.450 e. The van der Waals surface area contributed by atoms with Crippen molar-refractivity contribution in [1.29, 1.82) is 0 Å². The molecule has 0 fully saturated rings. The largest absolute Gasteiger partial charge is 0.503 e. The Morgan fingerprint density at radius 1 is 0.571 bits per heavy atom. The van der Waals surface area contributed by atoms with Crippen molar-refractivity contribution in [2.24, 2.45) is 0 Å². The average Bonchev–Trinajstić information content (AvgIpc) is 1.54. The van der Waals surface area contributed by atoms with E-state index in [0.717, 1.165) is 0 Å². The van der Waals surface area contributed by atoms with Gasteiger partial charge in [-0.05, 0) is 11.0 Å². The second-order valence-corrected chi connectivity index (χ2v) is 0.848. The molecule has 0 aromatic carbocycles. The van der Waals surface area contributed by atoms with Crippen LogP contribution in [0.5, 0.6) is 0 Å². The molecule has 0 amide bonds. The summed E-state index contributed by atoms with van der Waals surface area (Å²) < 4.78 is 0. The fourth-order valence-electron chi connectivity index (χ4n) is 0. The molecule has 0 aliphatic rings. The monoisotopic (exact) mass is 236 g/mol. The maximum atomic E-state index is 8.56. The second-order valence-electron chi connectivity index (χ2n) is 0.848. The Morgan fingerprint density at radius 3 is 0.571 bits per heavy atom. The minimum Gasteiger partial charge on any atom is -0.450 e. The highest BCUT2D eigenvalue weighted by Crippen LogP contribution is 1.43. The first kappa shape index (κ1) is 29.6. The number of carbonyl (C=O) groups is 3. The molecular weight excluding hydrogens is 224 g/mol. The molecule has 0 unspecified atom stereocenters. The topological polar surface area (TPSA) is 204 Å². The molecule has 0 saturated carbocycles. The molecule has 8 N–H and O–H groups in total. The van der Waals surface area contributed by atoms with Crippen LogP contribution in [0.4, 0.5) is 14.4 Å². The average molecular weight is 236 g/mol. The summed E-state index contributed by atoms with van der Waals surface area (Å²) in [5, 5.41) is 41.8. The first-order valence-corrected chi connectivity index (χ1v) is 1.95. The first-order valence-electron chi connectivity index (χ1n) is 1.95. The molecule has 14 heavy (non-hydrogen) atoms. The third-order valence-electron chi connectivity index (χ3n) is 0. The minimum atomic E-state index is -1.83. The van der Waals surface area contributed by atoms with E-state index in [2.05, 4.69) is 0 Å². The van der Waals surface area contributed by atoms with Crippen LogP contribution in [-0.2, 0) is 0 Å². The summed E-state index contributed by atoms with van der Waals surface area (Å²) in [5.74, 6) is 0. The van der Waals surface area contributed by atoms with Gasteiger partial charge in [0, 0.05) is 0 Å². The van der Waals surface area contributed by atoms with Gasteiger partial charge in [-0.3, -0.25) is 0 Å². The normalized spacial score (nSPS) is 5.14. The van der Waals surface area contributed by atoms with Crippen LogP contribution in [-0.4, -0.2) is 65.5 Å². The van der Waals surface area contributed by atoms with Gasteiger partial charge in [-0.15, -0.1) is 0 Å². The van der Waals surface area contributed by atoms with E-state index in [0.29, 0.717) is 0 Å². The van der Waals surface area contributed by atoms with E-state index in [4.69, 9.17) is 45.0 Å². The lowest BCUT2D eigenvalue weighted by molar-refractivity contribution is 0.135. The van der Waals surface area contributed by atoms with Crippen LogP contribution in [0, 0.1) is 0 Å². The molecule has 0 atom stereocenters. The molecule has 0 aromatic heterocycles. The van der Waals surface area contributed by atoms with Crippen molar-refractivity contribution in [3.8, 4) is 0 Å². The quantitative estimate of drug-likeness (QED) is 0.267. The van der Waals surface area contributed by atoms with E-state index in [1.54, 1.807) is 0 Å². The summed E-state index contributed by atoms with van der Waals surface area (Å²) in [6.07, 6.45) is -5.50. The molecule has 0 radical (unpaired) electrons. The van der Waals surface area contributed by atoms with Crippen LogP contribution in [0.3, 0.4) is 0 Å². The van der Waals surface area contributed by atoms with Gasteiger partial charge in [0.15, 0.2) is 0 Å². The lowest BCUT2D eigenvalue weighted by Gasteiger charge is -1.60. The number of carboxylic acid groups (broad SMARTS) is 6. The van der Waals surface area contributed by atoms with Crippen molar-refractivity contribution in [2.45, 2.75) is 0 Å². The molecule has 10 nitrogen and oxygen atoms in total. The molecule has 0 aromatic rings. The van der Waals surface area contributed by atoms with Crippen molar-refractivity contribution in [3.63, 3.8) is 0 Å². The zero-order valence-electron chi connectivity index (χ0n) is 5.91. The number of hydrogen-bond donors (Lipinski definition) is 6. The molecule has 0 saturated heterocycles. The van der Waals surface area contributed by atoms with Crippen molar-refractivity contribution >= 4 is 29.4 Å². The third kappa shape index (κ3) is 199. The molecule has 0 aliphatic heterocycles. The minimum absolute atomic E-state index is 0. The van der Waals surface area contributed by atoms with Gasteiger partial charge in [0.05, 0.1) is 0 Å². The van der Waals surface area contributed by atoms with Crippen molar-refractivity contribution in [2.75, 3.05) is 0 Å². The van der Waals surface area contributed by atoms with Crippen molar-refractivity contribution in [1.82, 2.24) is 0 Å². The van der Waals surface area contributed by atoms with E-state index < -0.39 is 18.5 Å².